The summed E-state index contributed by atoms with van der Waals surface area (Å²) >= 11 is 3.45. The lowest BCUT2D eigenvalue weighted by Gasteiger charge is -2.14. The topological polar surface area (TPSA) is 50.9 Å². The zero-order chi connectivity index (χ0) is 14.1. The minimum absolute atomic E-state index is 0.772. The van der Waals surface area contributed by atoms with Crippen molar-refractivity contribution in [3.8, 4) is 0 Å². The van der Waals surface area contributed by atoms with Crippen LogP contribution < -0.4 is 11.1 Å². The molecule has 0 saturated heterocycles. The predicted molar refractivity (Wildman–Crippen MR) is 88.9 cm³/mol. The highest BCUT2D eigenvalue weighted by molar-refractivity contribution is 9.10. The van der Waals surface area contributed by atoms with E-state index in [2.05, 4.69) is 33.2 Å². The zero-order valence-electron chi connectivity index (χ0n) is 11.7. The van der Waals surface area contributed by atoms with Gasteiger partial charge < -0.3 is 11.1 Å². The summed E-state index contributed by atoms with van der Waals surface area (Å²) in [7, 11) is 0. The molecule has 2 atom stereocenters. The first-order valence-corrected chi connectivity index (χ1v) is 8.00. The van der Waals surface area contributed by atoms with Crippen molar-refractivity contribution in [3.05, 3.63) is 28.9 Å². The third kappa shape index (κ3) is 2.75. The number of nitrogen functional groups attached to an aromatic ring is 1. The van der Waals surface area contributed by atoms with Crippen molar-refractivity contribution in [2.45, 2.75) is 26.2 Å². The van der Waals surface area contributed by atoms with Crippen LogP contribution >= 0.6 is 15.9 Å². The maximum atomic E-state index is 6.04. The van der Waals surface area contributed by atoms with Crippen LogP contribution in [0.3, 0.4) is 0 Å². The summed E-state index contributed by atoms with van der Waals surface area (Å²) in [6, 6.07) is 6.02. The van der Waals surface area contributed by atoms with Crippen molar-refractivity contribution in [2.24, 2.45) is 11.8 Å². The Bertz CT molecular complexity index is 626. The lowest BCUT2D eigenvalue weighted by Crippen LogP contribution is -2.12. The zero-order valence-corrected chi connectivity index (χ0v) is 13.3. The molecule has 0 bridgehead atoms. The number of rotatable bonds is 3. The van der Waals surface area contributed by atoms with E-state index in [1.54, 1.807) is 0 Å². The number of anilines is 2. The van der Waals surface area contributed by atoms with Crippen molar-refractivity contribution in [3.63, 3.8) is 0 Å². The lowest BCUT2D eigenvalue weighted by atomic mass is 10.1. The van der Waals surface area contributed by atoms with E-state index < -0.39 is 0 Å². The van der Waals surface area contributed by atoms with Crippen LogP contribution in [-0.4, -0.2) is 11.5 Å². The summed E-state index contributed by atoms with van der Waals surface area (Å²) in [5.74, 6) is 1.66. The number of aromatic nitrogens is 1. The molecule has 3 N–H and O–H groups in total. The second-order valence-corrected chi connectivity index (χ2v) is 6.83. The molecule has 20 heavy (non-hydrogen) atoms. The summed E-state index contributed by atoms with van der Waals surface area (Å²) < 4.78 is 0.957. The largest absolute Gasteiger partial charge is 0.398 e. The normalized spacial score (nSPS) is 22.3. The number of nitrogens with two attached hydrogens (primary N) is 1. The van der Waals surface area contributed by atoms with Gasteiger partial charge in [0, 0.05) is 28.3 Å². The number of benzene rings is 1. The molecule has 1 aromatic heterocycles. The SMILES string of the molecule is CC1CCC(CNc2ccc(N)c3cc(Br)cnc23)C1. The standard InChI is InChI=1S/C16H20BrN3/c1-10-2-3-11(6-10)8-19-15-5-4-14(18)13-7-12(17)9-20-16(13)15/h4-5,7,9-11,19H,2-3,6,8,18H2,1H3. The number of hydrogen-bond acceptors (Lipinski definition) is 3. The highest BCUT2D eigenvalue weighted by Gasteiger charge is 2.21. The van der Waals surface area contributed by atoms with Crippen molar-refractivity contribution < 1.29 is 0 Å². The average molecular weight is 334 g/mol. The molecule has 1 aromatic carbocycles. The highest BCUT2D eigenvalue weighted by Crippen LogP contribution is 2.32. The molecule has 4 heteroatoms. The quantitative estimate of drug-likeness (QED) is 0.817. The first kappa shape index (κ1) is 13.7. The third-order valence-electron chi connectivity index (χ3n) is 4.23. The molecule has 1 saturated carbocycles. The van der Waals surface area contributed by atoms with Crippen LogP contribution in [0.4, 0.5) is 11.4 Å². The van der Waals surface area contributed by atoms with E-state index in [1.807, 2.05) is 24.4 Å². The first-order valence-electron chi connectivity index (χ1n) is 7.21. The molecule has 2 unspecified atom stereocenters. The molecule has 1 aliphatic rings. The molecule has 3 rings (SSSR count). The van der Waals surface area contributed by atoms with Gasteiger partial charge in [-0.2, -0.15) is 0 Å². The van der Waals surface area contributed by atoms with Gasteiger partial charge in [-0.25, -0.2) is 0 Å². The molecule has 1 heterocycles. The van der Waals surface area contributed by atoms with Crippen LogP contribution in [0.25, 0.3) is 10.9 Å². The maximum Gasteiger partial charge on any atom is 0.0954 e. The molecule has 0 spiro atoms. The van der Waals surface area contributed by atoms with E-state index in [1.165, 1.54) is 19.3 Å². The Hall–Kier alpha value is -1.29. The van der Waals surface area contributed by atoms with E-state index >= 15 is 0 Å². The van der Waals surface area contributed by atoms with Gasteiger partial charge in [-0.1, -0.05) is 13.3 Å². The molecule has 1 aliphatic carbocycles. The van der Waals surface area contributed by atoms with Crippen LogP contribution in [-0.2, 0) is 0 Å². The number of nitrogens with zero attached hydrogens (tertiary/aromatic N) is 1. The summed E-state index contributed by atoms with van der Waals surface area (Å²) in [5.41, 5.74) is 8.86. The number of hydrogen-bond donors (Lipinski definition) is 2. The van der Waals surface area contributed by atoms with Gasteiger partial charge in [-0.05, 0) is 58.8 Å². The van der Waals surface area contributed by atoms with Gasteiger partial charge in [0.1, 0.15) is 0 Å². The molecule has 0 radical (unpaired) electrons. The fourth-order valence-corrected chi connectivity index (χ4v) is 3.45. The highest BCUT2D eigenvalue weighted by atomic mass is 79.9. The number of halogens is 1. The van der Waals surface area contributed by atoms with Crippen LogP contribution in [0, 0.1) is 11.8 Å². The predicted octanol–water partition coefficient (Wildman–Crippen LogP) is 4.43. The molecular weight excluding hydrogens is 314 g/mol. The van der Waals surface area contributed by atoms with Gasteiger partial charge >= 0.3 is 0 Å². The Morgan fingerprint density at radius 3 is 3.00 bits per heavy atom. The van der Waals surface area contributed by atoms with Crippen LogP contribution in [0.2, 0.25) is 0 Å². The third-order valence-corrected chi connectivity index (χ3v) is 4.67. The second kappa shape index (κ2) is 5.60. The molecule has 2 aromatic rings. The van der Waals surface area contributed by atoms with Crippen molar-refractivity contribution in [2.75, 3.05) is 17.6 Å². The summed E-state index contributed by atoms with van der Waals surface area (Å²) in [5, 5.41) is 4.57. The molecular formula is C16H20BrN3. The Morgan fingerprint density at radius 1 is 1.40 bits per heavy atom. The monoisotopic (exact) mass is 333 g/mol. The van der Waals surface area contributed by atoms with E-state index in [0.717, 1.165) is 45.1 Å². The Morgan fingerprint density at radius 2 is 2.25 bits per heavy atom. The van der Waals surface area contributed by atoms with Crippen LogP contribution in [0.15, 0.2) is 28.9 Å². The smallest absolute Gasteiger partial charge is 0.0954 e. The summed E-state index contributed by atoms with van der Waals surface area (Å²) in [4.78, 5) is 4.51. The Balaban J connectivity index is 1.83. The second-order valence-electron chi connectivity index (χ2n) is 5.92. The van der Waals surface area contributed by atoms with E-state index in [-0.39, 0.29) is 0 Å². The van der Waals surface area contributed by atoms with Gasteiger partial charge in [0.2, 0.25) is 0 Å². The molecule has 3 nitrogen and oxygen atoms in total. The summed E-state index contributed by atoms with van der Waals surface area (Å²) in [6.45, 7) is 3.37. The minimum Gasteiger partial charge on any atom is -0.398 e. The van der Waals surface area contributed by atoms with Gasteiger partial charge in [0.05, 0.1) is 11.2 Å². The number of pyridine rings is 1. The van der Waals surface area contributed by atoms with Gasteiger partial charge in [0.25, 0.3) is 0 Å². The molecule has 0 aliphatic heterocycles. The molecule has 0 amide bonds. The Kier molecular flexibility index (Phi) is 3.83. The van der Waals surface area contributed by atoms with Gasteiger partial charge in [-0.15, -0.1) is 0 Å². The minimum atomic E-state index is 0.772. The van der Waals surface area contributed by atoms with Crippen molar-refractivity contribution in [1.29, 1.82) is 0 Å². The fraction of sp³-hybridized carbons (Fsp3) is 0.438. The van der Waals surface area contributed by atoms with Crippen LogP contribution in [0.5, 0.6) is 0 Å². The lowest BCUT2D eigenvalue weighted by molar-refractivity contribution is 0.537. The maximum absolute atomic E-state index is 6.04. The van der Waals surface area contributed by atoms with Gasteiger partial charge in [-0.3, -0.25) is 4.98 Å². The molecule has 1 fully saturated rings. The van der Waals surface area contributed by atoms with E-state index in [0.29, 0.717) is 0 Å². The average Bonchev–Trinajstić information content (AvgIpc) is 2.84. The number of nitrogens with one attached hydrogen (secondary N) is 1. The van der Waals surface area contributed by atoms with Crippen LogP contribution in [0.1, 0.15) is 26.2 Å². The van der Waals surface area contributed by atoms with E-state index in [4.69, 9.17) is 5.73 Å². The molecule has 106 valence electrons. The number of fused-ring (bicyclic) bond motifs is 1. The van der Waals surface area contributed by atoms with Crippen molar-refractivity contribution in [1.82, 2.24) is 4.98 Å². The summed E-state index contributed by atoms with van der Waals surface area (Å²) in [6.07, 6.45) is 5.85. The first-order chi connectivity index (χ1) is 9.63. The fourth-order valence-electron chi connectivity index (χ4n) is 3.12. The van der Waals surface area contributed by atoms with Crippen molar-refractivity contribution >= 4 is 38.2 Å². The Labute approximate surface area is 128 Å². The van der Waals surface area contributed by atoms with E-state index in [9.17, 15) is 0 Å². The van der Waals surface area contributed by atoms with Gasteiger partial charge in [0.15, 0.2) is 0 Å².